The SMILES string of the molecule is [CH2]CCCCCCCCCC#CC(C)(C)OC. The molecule has 0 aliphatic rings. The van der Waals surface area contributed by atoms with Gasteiger partial charge in [-0.3, -0.25) is 0 Å². The van der Waals surface area contributed by atoms with E-state index in [2.05, 4.69) is 18.8 Å². The molecule has 0 aliphatic carbocycles. The van der Waals surface area contributed by atoms with Gasteiger partial charge in [-0.1, -0.05) is 57.8 Å². The van der Waals surface area contributed by atoms with Crippen molar-refractivity contribution in [3.05, 3.63) is 6.92 Å². The lowest BCUT2D eigenvalue weighted by atomic mass is 10.1. The normalized spacial score (nSPS) is 11.1. The van der Waals surface area contributed by atoms with E-state index >= 15 is 0 Å². The van der Waals surface area contributed by atoms with Crippen LogP contribution in [0.25, 0.3) is 0 Å². The number of hydrogen-bond donors (Lipinski definition) is 0. The highest BCUT2D eigenvalue weighted by Gasteiger charge is 2.10. The first-order chi connectivity index (χ1) is 8.12. The molecule has 0 aromatic rings. The van der Waals surface area contributed by atoms with Crippen molar-refractivity contribution in [3.8, 4) is 11.8 Å². The van der Waals surface area contributed by atoms with Gasteiger partial charge < -0.3 is 4.74 Å². The van der Waals surface area contributed by atoms with Gasteiger partial charge in [-0.2, -0.15) is 0 Å². The fraction of sp³-hybridized carbons (Fsp3) is 0.812. The summed E-state index contributed by atoms with van der Waals surface area (Å²) >= 11 is 0. The minimum atomic E-state index is -0.284. The highest BCUT2D eigenvalue weighted by molar-refractivity contribution is 5.10. The van der Waals surface area contributed by atoms with Crippen LogP contribution in [0.1, 0.15) is 71.6 Å². The van der Waals surface area contributed by atoms with Gasteiger partial charge in [-0.05, 0) is 20.3 Å². The second kappa shape index (κ2) is 10.7. The van der Waals surface area contributed by atoms with Gasteiger partial charge in [-0.15, -0.1) is 5.92 Å². The van der Waals surface area contributed by atoms with E-state index in [-0.39, 0.29) is 5.60 Å². The van der Waals surface area contributed by atoms with E-state index in [0.29, 0.717) is 0 Å². The number of rotatable bonds is 9. The molecule has 0 aromatic carbocycles. The monoisotopic (exact) mass is 237 g/mol. The van der Waals surface area contributed by atoms with Crippen LogP contribution < -0.4 is 0 Å². The molecule has 0 heterocycles. The summed E-state index contributed by atoms with van der Waals surface area (Å²) in [6.07, 6.45) is 11.4. The van der Waals surface area contributed by atoms with Gasteiger partial charge in [0.2, 0.25) is 0 Å². The van der Waals surface area contributed by atoms with Gasteiger partial charge >= 0.3 is 0 Å². The average Bonchev–Trinajstić information content (AvgIpc) is 2.31. The fourth-order valence-electron chi connectivity index (χ4n) is 1.60. The molecule has 0 saturated carbocycles. The molecular weight excluding hydrogens is 208 g/mol. The fourth-order valence-corrected chi connectivity index (χ4v) is 1.60. The van der Waals surface area contributed by atoms with Crippen molar-refractivity contribution in [2.75, 3.05) is 7.11 Å². The molecule has 0 spiro atoms. The molecule has 1 heteroatoms. The third-order valence-corrected chi connectivity index (χ3v) is 2.95. The second-order valence-corrected chi connectivity index (χ2v) is 5.09. The quantitative estimate of drug-likeness (QED) is 0.415. The van der Waals surface area contributed by atoms with Crippen molar-refractivity contribution in [1.82, 2.24) is 0 Å². The average molecular weight is 237 g/mol. The van der Waals surface area contributed by atoms with Gasteiger partial charge in [-0.25, -0.2) is 0 Å². The summed E-state index contributed by atoms with van der Waals surface area (Å²) in [6.45, 7) is 7.86. The van der Waals surface area contributed by atoms with Crippen LogP contribution in [0.15, 0.2) is 0 Å². The molecule has 0 bridgehead atoms. The summed E-state index contributed by atoms with van der Waals surface area (Å²) in [5.74, 6) is 6.35. The van der Waals surface area contributed by atoms with Crippen LogP contribution in [-0.2, 0) is 4.74 Å². The zero-order valence-electron chi connectivity index (χ0n) is 12.0. The highest BCUT2D eigenvalue weighted by atomic mass is 16.5. The Morgan fingerprint density at radius 2 is 1.47 bits per heavy atom. The Labute approximate surface area is 108 Å². The van der Waals surface area contributed by atoms with Crippen molar-refractivity contribution in [2.45, 2.75) is 77.2 Å². The third-order valence-electron chi connectivity index (χ3n) is 2.95. The van der Waals surface area contributed by atoms with Crippen molar-refractivity contribution in [3.63, 3.8) is 0 Å². The molecule has 0 amide bonds. The molecule has 1 nitrogen and oxygen atoms in total. The molecule has 0 N–H and O–H groups in total. The summed E-state index contributed by atoms with van der Waals surface area (Å²) in [5, 5.41) is 0. The van der Waals surface area contributed by atoms with Crippen LogP contribution in [0.5, 0.6) is 0 Å². The van der Waals surface area contributed by atoms with Crippen LogP contribution in [0.3, 0.4) is 0 Å². The molecule has 17 heavy (non-hydrogen) atoms. The van der Waals surface area contributed by atoms with E-state index < -0.39 is 0 Å². The minimum absolute atomic E-state index is 0.284. The van der Waals surface area contributed by atoms with Gasteiger partial charge in [0.15, 0.2) is 0 Å². The first-order valence-corrected chi connectivity index (χ1v) is 6.97. The Morgan fingerprint density at radius 3 is 2.00 bits per heavy atom. The van der Waals surface area contributed by atoms with Gasteiger partial charge in [0, 0.05) is 13.5 Å². The molecule has 0 rings (SSSR count). The van der Waals surface area contributed by atoms with Crippen LogP contribution in [0.4, 0.5) is 0 Å². The first kappa shape index (κ1) is 16.5. The second-order valence-electron chi connectivity index (χ2n) is 5.09. The van der Waals surface area contributed by atoms with Crippen LogP contribution in [0.2, 0.25) is 0 Å². The lowest BCUT2D eigenvalue weighted by Gasteiger charge is -2.14. The van der Waals surface area contributed by atoms with Crippen molar-refractivity contribution < 1.29 is 4.74 Å². The van der Waals surface area contributed by atoms with E-state index in [4.69, 9.17) is 4.74 Å². The smallest absolute Gasteiger partial charge is 0.122 e. The Kier molecular flexibility index (Phi) is 10.4. The van der Waals surface area contributed by atoms with Crippen LogP contribution in [0, 0.1) is 18.8 Å². The largest absolute Gasteiger partial charge is 0.366 e. The molecule has 0 fully saturated rings. The summed E-state index contributed by atoms with van der Waals surface area (Å²) in [4.78, 5) is 0. The number of unbranched alkanes of at least 4 members (excludes halogenated alkanes) is 8. The maximum Gasteiger partial charge on any atom is 0.122 e. The van der Waals surface area contributed by atoms with Crippen molar-refractivity contribution in [2.24, 2.45) is 0 Å². The maximum atomic E-state index is 5.24. The summed E-state index contributed by atoms with van der Waals surface area (Å²) < 4.78 is 5.24. The summed E-state index contributed by atoms with van der Waals surface area (Å²) in [7, 11) is 1.71. The number of ether oxygens (including phenoxy) is 1. The van der Waals surface area contributed by atoms with Gasteiger partial charge in [0.1, 0.15) is 5.60 Å². The van der Waals surface area contributed by atoms with Gasteiger partial charge in [0.25, 0.3) is 0 Å². The van der Waals surface area contributed by atoms with Crippen molar-refractivity contribution >= 4 is 0 Å². The Bertz CT molecular complexity index is 219. The first-order valence-electron chi connectivity index (χ1n) is 6.97. The highest BCUT2D eigenvalue weighted by Crippen LogP contribution is 2.09. The standard InChI is InChI=1S/C16H29O/c1-5-6-7-8-9-10-11-12-13-14-15-16(2,3)17-4/h1,5-13H2,2-4H3. The van der Waals surface area contributed by atoms with E-state index in [1.54, 1.807) is 7.11 Å². The van der Waals surface area contributed by atoms with Crippen LogP contribution in [-0.4, -0.2) is 12.7 Å². The molecule has 0 saturated heterocycles. The predicted octanol–water partition coefficient (Wildman–Crippen LogP) is 4.76. The topological polar surface area (TPSA) is 9.23 Å². The molecule has 0 atom stereocenters. The molecular formula is C16H29O. The summed E-state index contributed by atoms with van der Waals surface area (Å²) in [5.41, 5.74) is -0.284. The Balaban J connectivity index is 3.29. The van der Waals surface area contributed by atoms with Gasteiger partial charge in [0.05, 0.1) is 0 Å². The van der Waals surface area contributed by atoms with E-state index in [9.17, 15) is 0 Å². The molecule has 0 aromatic heterocycles. The summed E-state index contributed by atoms with van der Waals surface area (Å²) in [6, 6.07) is 0. The molecule has 1 radical (unpaired) electrons. The zero-order valence-corrected chi connectivity index (χ0v) is 12.0. The Hall–Kier alpha value is -0.480. The predicted molar refractivity (Wildman–Crippen MR) is 75.8 cm³/mol. The molecule has 99 valence electrons. The zero-order chi connectivity index (χ0) is 13.0. The molecule has 0 unspecified atom stereocenters. The molecule has 0 aliphatic heterocycles. The number of methoxy groups -OCH3 is 1. The Morgan fingerprint density at radius 1 is 0.941 bits per heavy atom. The maximum absolute atomic E-state index is 5.24. The third kappa shape index (κ3) is 11.8. The van der Waals surface area contributed by atoms with E-state index in [0.717, 1.165) is 12.8 Å². The lowest BCUT2D eigenvalue weighted by molar-refractivity contribution is 0.0741. The van der Waals surface area contributed by atoms with Crippen LogP contribution >= 0.6 is 0 Å². The van der Waals surface area contributed by atoms with E-state index in [1.807, 2.05) is 13.8 Å². The lowest BCUT2D eigenvalue weighted by Crippen LogP contribution is -2.19. The number of hydrogen-bond acceptors (Lipinski definition) is 1. The van der Waals surface area contributed by atoms with Crippen molar-refractivity contribution in [1.29, 1.82) is 0 Å². The minimum Gasteiger partial charge on any atom is -0.366 e. The van der Waals surface area contributed by atoms with E-state index in [1.165, 1.54) is 44.9 Å².